The molecule has 0 spiro atoms. The first kappa shape index (κ1) is 12.7. The molecule has 0 amide bonds. The monoisotopic (exact) mass is 263 g/mol. The van der Waals surface area contributed by atoms with Crippen molar-refractivity contribution in [1.82, 2.24) is 4.90 Å². The normalized spacial score (nSPS) is 31.3. The summed E-state index contributed by atoms with van der Waals surface area (Å²) in [5.41, 5.74) is 0. The van der Waals surface area contributed by atoms with Crippen LogP contribution in [0.2, 0.25) is 0 Å². The van der Waals surface area contributed by atoms with Gasteiger partial charge in [0.1, 0.15) is 17.6 Å². The zero-order valence-corrected chi connectivity index (χ0v) is 11.3. The lowest BCUT2D eigenvalue weighted by molar-refractivity contribution is -0.145. The fourth-order valence-electron chi connectivity index (χ4n) is 3.06. The van der Waals surface area contributed by atoms with Crippen molar-refractivity contribution >= 4 is 5.97 Å². The number of furan rings is 1. The molecule has 4 heteroatoms. The SMILES string of the molecule is CC1CC1c1ccc(CN2CCCCC2C(=O)O)o1. The van der Waals surface area contributed by atoms with Crippen LogP contribution in [0.1, 0.15) is 50.0 Å². The summed E-state index contributed by atoms with van der Waals surface area (Å²) in [6, 6.07) is 3.72. The Morgan fingerprint density at radius 1 is 1.47 bits per heavy atom. The molecule has 1 saturated carbocycles. The van der Waals surface area contributed by atoms with E-state index in [4.69, 9.17) is 4.42 Å². The van der Waals surface area contributed by atoms with Gasteiger partial charge in [-0.1, -0.05) is 13.3 Å². The predicted molar refractivity (Wildman–Crippen MR) is 70.9 cm³/mol. The smallest absolute Gasteiger partial charge is 0.320 e. The summed E-state index contributed by atoms with van der Waals surface area (Å²) in [6.07, 6.45) is 4.06. The highest BCUT2D eigenvalue weighted by molar-refractivity contribution is 5.73. The fourth-order valence-corrected chi connectivity index (χ4v) is 3.06. The molecule has 2 aliphatic rings. The molecule has 1 aromatic rings. The van der Waals surface area contributed by atoms with Crippen molar-refractivity contribution in [3.05, 3.63) is 23.7 Å². The third kappa shape index (κ3) is 2.68. The Balaban J connectivity index is 1.66. The zero-order valence-electron chi connectivity index (χ0n) is 11.3. The molecule has 0 bridgehead atoms. The number of carboxylic acids is 1. The van der Waals surface area contributed by atoms with Gasteiger partial charge in [-0.05, 0) is 43.9 Å². The minimum atomic E-state index is -0.706. The number of hydrogen-bond acceptors (Lipinski definition) is 3. The van der Waals surface area contributed by atoms with Gasteiger partial charge in [0, 0.05) is 5.92 Å². The van der Waals surface area contributed by atoms with Crippen LogP contribution in [0.15, 0.2) is 16.5 Å². The van der Waals surface area contributed by atoms with Crippen molar-refractivity contribution in [2.45, 2.75) is 51.1 Å². The minimum absolute atomic E-state index is 0.345. The topological polar surface area (TPSA) is 53.7 Å². The molecule has 3 unspecified atom stereocenters. The van der Waals surface area contributed by atoms with E-state index in [0.29, 0.717) is 12.5 Å². The number of aliphatic carboxylic acids is 1. The second kappa shape index (κ2) is 5.00. The summed E-state index contributed by atoms with van der Waals surface area (Å²) in [5.74, 6) is 2.60. The van der Waals surface area contributed by atoms with Crippen LogP contribution in [0.3, 0.4) is 0 Å². The van der Waals surface area contributed by atoms with Crippen LogP contribution in [0.5, 0.6) is 0 Å². The summed E-state index contributed by atoms with van der Waals surface area (Å²) in [6.45, 7) is 3.71. The van der Waals surface area contributed by atoms with Crippen LogP contribution in [0, 0.1) is 5.92 Å². The lowest BCUT2D eigenvalue weighted by Crippen LogP contribution is -2.43. The number of carboxylic acid groups (broad SMARTS) is 1. The molecule has 1 saturated heterocycles. The Hall–Kier alpha value is -1.29. The lowest BCUT2D eigenvalue weighted by Gasteiger charge is -2.32. The van der Waals surface area contributed by atoms with Gasteiger partial charge in [0.2, 0.25) is 0 Å². The molecule has 2 fully saturated rings. The Kier molecular flexibility index (Phi) is 3.35. The Bertz CT molecular complexity index is 468. The van der Waals surface area contributed by atoms with Gasteiger partial charge in [0.25, 0.3) is 0 Å². The molecule has 1 aromatic heterocycles. The molecular formula is C15H21NO3. The van der Waals surface area contributed by atoms with Crippen molar-refractivity contribution < 1.29 is 14.3 Å². The van der Waals surface area contributed by atoms with Gasteiger partial charge in [-0.25, -0.2) is 0 Å². The van der Waals surface area contributed by atoms with E-state index >= 15 is 0 Å². The third-order valence-corrected chi connectivity index (χ3v) is 4.42. The van der Waals surface area contributed by atoms with Crippen molar-refractivity contribution in [2.75, 3.05) is 6.54 Å². The van der Waals surface area contributed by atoms with Crippen molar-refractivity contribution in [3.8, 4) is 0 Å². The summed E-state index contributed by atoms with van der Waals surface area (Å²) in [4.78, 5) is 13.3. The molecular weight excluding hydrogens is 242 g/mol. The van der Waals surface area contributed by atoms with E-state index in [1.807, 2.05) is 11.0 Å². The summed E-state index contributed by atoms with van der Waals surface area (Å²) in [5, 5.41) is 9.25. The van der Waals surface area contributed by atoms with E-state index in [9.17, 15) is 9.90 Å². The number of rotatable bonds is 4. The van der Waals surface area contributed by atoms with E-state index in [1.54, 1.807) is 0 Å². The molecule has 0 aromatic carbocycles. The molecule has 3 atom stereocenters. The Morgan fingerprint density at radius 2 is 2.26 bits per heavy atom. The molecule has 1 N–H and O–H groups in total. The van der Waals surface area contributed by atoms with Crippen LogP contribution >= 0.6 is 0 Å². The Labute approximate surface area is 113 Å². The van der Waals surface area contributed by atoms with E-state index in [1.165, 1.54) is 6.42 Å². The highest BCUT2D eigenvalue weighted by atomic mass is 16.4. The molecule has 4 nitrogen and oxygen atoms in total. The maximum atomic E-state index is 11.2. The average molecular weight is 263 g/mol. The van der Waals surface area contributed by atoms with Gasteiger partial charge in [-0.15, -0.1) is 0 Å². The van der Waals surface area contributed by atoms with Crippen LogP contribution in [-0.2, 0) is 11.3 Å². The molecule has 3 rings (SSSR count). The van der Waals surface area contributed by atoms with Crippen LogP contribution < -0.4 is 0 Å². The van der Waals surface area contributed by atoms with Crippen molar-refractivity contribution in [1.29, 1.82) is 0 Å². The fraction of sp³-hybridized carbons (Fsp3) is 0.667. The first-order valence-electron chi connectivity index (χ1n) is 7.20. The van der Waals surface area contributed by atoms with Crippen LogP contribution in [0.25, 0.3) is 0 Å². The van der Waals surface area contributed by atoms with E-state index in [-0.39, 0.29) is 6.04 Å². The van der Waals surface area contributed by atoms with Gasteiger partial charge in [0.15, 0.2) is 0 Å². The number of piperidine rings is 1. The quantitative estimate of drug-likeness (QED) is 0.907. The van der Waals surface area contributed by atoms with Gasteiger partial charge in [-0.2, -0.15) is 0 Å². The number of hydrogen-bond donors (Lipinski definition) is 1. The predicted octanol–water partition coefficient (Wildman–Crippen LogP) is 2.84. The maximum Gasteiger partial charge on any atom is 0.320 e. The van der Waals surface area contributed by atoms with Gasteiger partial charge in [-0.3, -0.25) is 9.69 Å². The second-order valence-electron chi connectivity index (χ2n) is 5.94. The molecule has 2 heterocycles. The molecule has 1 aliphatic heterocycles. The van der Waals surface area contributed by atoms with E-state index in [0.717, 1.165) is 43.2 Å². The minimum Gasteiger partial charge on any atom is -0.480 e. The first-order valence-corrected chi connectivity index (χ1v) is 7.20. The maximum absolute atomic E-state index is 11.2. The summed E-state index contributed by atoms with van der Waals surface area (Å²) in [7, 11) is 0. The van der Waals surface area contributed by atoms with Crippen LogP contribution in [-0.4, -0.2) is 28.6 Å². The molecule has 1 aliphatic carbocycles. The summed E-state index contributed by atoms with van der Waals surface area (Å²) < 4.78 is 5.87. The second-order valence-corrected chi connectivity index (χ2v) is 5.94. The van der Waals surface area contributed by atoms with E-state index in [2.05, 4.69) is 13.0 Å². The molecule has 19 heavy (non-hydrogen) atoms. The third-order valence-electron chi connectivity index (χ3n) is 4.42. The first-order chi connectivity index (χ1) is 9.15. The highest BCUT2D eigenvalue weighted by Gasteiger charge is 2.37. The largest absolute Gasteiger partial charge is 0.480 e. The molecule has 0 radical (unpaired) electrons. The number of likely N-dealkylation sites (tertiary alicyclic amines) is 1. The molecule has 104 valence electrons. The van der Waals surface area contributed by atoms with Gasteiger partial charge < -0.3 is 9.52 Å². The highest BCUT2D eigenvalue weighted by Crippen LogP contribution is 2.47. The zero-order chi connectivity index (χ0) is 13.4. The number of carbonyl (C=O) groups is 1. The van der Waals surface area contributed by atoms with Gasteiger partial charge >= 0.3 is 5.97 Å². The van der Waals surface area contributed by atoms with Crippen LogP contribution in [0.4, 0.5) is 0 Å². The van der Waals surface area contributed by atoms with Crippen molar-refractivity contribution in [2.24, 2.45) is 5.92 Å². The average Bonchev–Trinajstić information content (AvgIpc) is 2.94. The standard InChI is InChI=1S/C15H21NO3/c1-10-8-12(10)14-6-5-11(19-14)9-16-7-3-2-4-13(16)15(17)18/h5-6,10,12-13H,2-4,7-9H2,1H3,(H,17,18). The summed E-state index contributed by atoms with van der Waals surface area (Å²) >= 11 is 0. The Morgan fingerprint density at radius 3 is 2.95 bits per heavy atom. The lowest BCUT2D eigenvalue weighted by atomic mass is 10.0. The van der Waals surface area contributed by atoms with Crippen molar-refractivity contribution in [3.63, 3.8) is 0 Å². The van der Waals surface area contributed by atoms with Gasteiger partial charge in [0.05, 0.1) is 6.54 Å². The van der Waals surface area contributed by atoms with E-state index < -0.39 is 5.97 Å². The number of nitrogens with zero attached hydrogens (tertiary/aromatic N) is 1.